The second-order valence-electron chi connectivity index (χ2n) is 3.39. The van der Waals surface area contributed by atoms with E-state index >= 15 is 0 Å². The van der Waals surface area contributed by atoms with Crippen LogP contribution in [-0.2, 0) is 11.3 Å². The molecule has 1 aromatic heterocycles. The Bertz CT molecular complexity index is 332. The Morgan fingerprint density at radius 3 is 2.62 bits per heavy atom. The van der Waals surface area contributed by atoms with Gasteiger partial charge in [0, 0.05) is 19.6 Å². The summed E-state index contributed by atoms with van der Waals surface area (Å²) >= 11 is 0. The minimum atomic E-state index is 0.00856. The van der Waals surface area contributed by atoms with Crippen LogP contribution in [0.3, 0.4) is 0 Å². The van der Waals surface area contributed by atoms with Gasteiger partial charge in [-0.25, -0.2) is 0 Å². The monoisotopic (exact) mass is 225 g/mol. The van der Waals surface area contributed by atoms with Crippen molar-refractivity contribution in [3.8, 4) is 5.75 Å². The summed E-state index contributed by atoms with van der Waals surface area (Å²) in [4.78, 5) is 13.4. The first-order chi connectivity index (χ1) is 7.71. The molecule has 0 fully saturated rings. The third-order valence-corrected chi connectivity index (χ3v) is 2.41. The molecule has 0 aliphatic heterocycles. The molecule has 1 rings (SSSR count). The van der Waals surface area contributed by atoms with E-state index in [0.717, 1.165) is 6.54 Å². The van der Waals surface area contributed by atoms with Crippen LogP contribution in [0.25, 0.3) is 0 Å². The first-order valence-electron chi connectivity index (χ1n) is 5.64. The molecule has 0 aromatic carbocycles. The zero-order valence-electron chi connectivity index (χ0n) is 10.1. The average molecular weight is 225 g/mol. The zero-order chi connectivity index (χ0) is 12.0. The van der Waals surface area contributed by atoms with E-state index in [1.165, 1.54) is 0 Å². The van der Waals surface area contributed by atoms with Crippen LogP contribution in [0.5, 0.6) is 5.75 Å². The highest BCUT2D eigenvalue weighted by Gasteiger charge is 2.10. The van der Waals surface area contributed by atoms with Gasteiger partial charge in [-0.2, -0.15) is 5.10 Å². The van der Waals surface area contributed by atoms with Crippen molar-refractivity contribution in [2.24, 2.45) is 0 Å². The van der Waals surface area contributed by atoms with Gasteiger partial charge in [0.15, 0.2) is 12.4 Å². The molecule has 5 heteroatoms. The van der Waals surface area contributed by atoms with Gasteiger partial charge in [-0.05, 0) is 20.8 Å². The predicted octanol–water partition coefficient (Wildman–Crippen LogP) is 1.15. The molecule has 0 saturated carbocycles. The molecule has 1 amide bonds. The van der Waals surface area contributed by atoms with Crippen molar-refractivity contribution in [3.05, 3.63) is 12.4 Å². The van der Waals surface area contributed by atoms with Crippen LogP contribution in [0.4, 0.5) is 0 Å². The lowest BCUT2D eigenvalue weighted by molar-refractivity contribution is -0.132. The molecule has 0 spiro atoms. The fourth-order valence-electron chi connectivity index (χ4n) is 1.40. The van der Waals surface area contributed by atoms with Crippen molar-refractivity contribution >= 4 is 5.91 Å². The van der Waals surface area contributed by atoms with E-state index in [1.54, 1.807) is 22.0 Å². The number of aromatic nitrogens is 2. The van der Waals surface area contributed by atoms with Crippen molar-refractivity contribution in [2.45, 2.75) is 27.3 Å². The van der Waals surface area contributed by atoms with E-state index in [-0.39, 0.29) is 12.5 Å². The number of rotatable bonds is 6. The zero-order valence-corrected chi connectivity index (χ0v) is 10.1. The third-order valence-electron chi connectivity index (χ3n) is 2.41. The Hall–Kier alpha value is -1.52. The van der Waals surface area contributed by atoms with E-state index < -0.39 is 0 Å². The van der Waals surface area contributed by atoms with Gasteiger partial charge >= 0.3 is 0 Å². The summed E-state index contributed by atoms with van der Waals surface area (Å²) in [5.41, 5.74) is 0. The second-order valence-corrected chi connectivity index (χ2v) is 3.39. The molecule has 0 unspecified atom stereocenters. The highest BCUT2D eigenvalue weighted by atomic mass is 16.5. The van der Waals surface area contributed by atoms with Gasteiger partial charge in [0.05, 0.1) is 12.4 Å². The smallest absolute Gasteiger partial charge is 0.260 e. The fraction of sp³-hybridized carbons (Fsp3) is 0.636. The van der Waals surface area contributed by atoms with Crippen LogP contribution < -0.4 is 4.74 Å². The van der Waals surface area contributed by atoms with E-state index in [2.05, 4.69) is 5.10 Å². The Morgan fingerprint density at radius 1 is 1.44 bits per heavy atom. The highest BCUT2D eigenvalue weighted by Crippen LogP contribution is 2.08. The van der Waals surface area contributed by atoms with Crippen LogP contribution in [-0.4, -0.2) is 40.3 Å². The maximum atomic E-state index is 11.6. The fourth-order valence-corrected chi connectivity index (χ4v) is 1.40. The molecule has 16 heavy (non-hydrogen) atoms. The summed E-state index contributed by atoms with van der Waals surface area (Å²) < 4.78 is 7.12. The number of hydrogen-bond donors (Lipinski definition) is 0. The van der Waals surface area contributed by atoms with Gasteiger partial charge in [0.2, 0.25) is 0 Å². The molecule has 0 aliphatic carbocycles. The minimum Gasteiger partial charge on any atom is -0.480 e. The maximum Gasteiger partial charge on any atom is 0.260 e. The van der Waals surface area contributed by atoms with Crippen molar-refractivity contribution in [1.82, 2.24) is 14.7 Å². The number of nitrogens with zero attached hydrogens (tertiary/aromatic N) is 3. The molecular formula is C11H19N3O2. The van der Waals surface area contributed by atoms with Gasteiger partial charge in [0.25, 0.3) is 5.91 Å². The molecule has 0 radical (unpaired) electrons. The van der Waals surface area contributed by atoms with E-state index in [0.29, 0.717) is 18.8 Å². The molecule has 1 aromatic rings. The van der Waals surface area contributed by atoms with Crippen molar-refractivity contribution in [3.63, 3.8) is 0 Å². The highest BCUT2D eigenvalue weighted by molar-refractivity contribution is 5.77. The summed E-state index contributed by atoms with van der Waals surface area (Å²) in [5.74, 6) is 0.650. The van der Waals surface area contributed by atoms with Crippen molar-refractivity contribution in [1.29, 1.82) is 0 Å². The summed E-state index contributed by atoms with van der Waals surface area (Å²) in [5, 5.41) is 4.06. The van der Waals surface area contributed by atoms with Gasteiger partial charge in [-0.1, -0.05) is 0 Å². The first kappa shape index (κ1) is 12.5. The summed E-state index contributed by atoms with van der Waals surface area (Å²) in [7, 11) is 0. The molecule has 0 N–H and O–H groups in total. The lowest BCUT2D eigenvalue weighted by atomic mass is 10.4. The standard InChI is InChI=1S/C11H19N3O2/c1-4-13(5-2)11(15)9-16-10-7-12-14(6-3)8-10/h7-8H,4-6,9H2,1-3H3. The number of carbonyl (C=O) groups is 1. The number of likely N-dealkylation sites (N-methyl/N-ethyl adjacent to an activating group) is 1. The van der Waals surface area contributed by atoms with Gasteiger partial charge in [-0.3, -0.25) is 9.48 Å². The largest absolute Gasteiger partial charge is 0.480 e. The first-order valence-corrected chi connectivity index (χ1v) is 5.64. The second kappa shape index (κ2) is 6.15. The van der Waals surface area contributed by atoms with E-state index in [1.807, 2.05) is 20.8 Å². The minimum absolute atomic E-state index is 0.00856. The van der Waals surface area contributed by atoms with Gasteiger partial charge in [0.1, 0.15) is 0 Å². The molecule has 0 aliphatic rings. The molecule has 90 valence electrons. The van der Waals surface area contributed by atoms with Crippen LogP contribution in [0.2, 0.25) is 0 Å². The average Bonchev–Trinajstić information content (AvgIpc) is 2.76. The number of hydrogen-bond acceptors (Lipinski definition) is 3. The third kappa shape index (κ3) is 3.25. The number of carbonyl (C=O) groups excluding carboxylic acids is 1. The summed E-state index contributed by atoms with van der Waals surface area (Å²) in [6, 6.07) is 0. The molecule has 0 bridgehead atoms. The maximum absolute atomic E-state index is 11.6. The van der Waals surface area contributed by atoms with Crippen LogP contribution >= 0.6 is 0 Å². The van der Waals surface area contributed by atoms with Crippen LogP contribution in [0.1, 0.15) is 20.8 Å². The number of aryl methyl sites for hydroxylation is 1. The lowest BCUT2D eigenvalue weighted by Gasteiger charge is -2.18. The quantitative estimate of drug-likeness (QED) is 0.729. The molecule has 0 atom stereocenters. The van der Waals surface area contributed by atoms with Gasteiger partial charge in [-0.15, -0.1) is 0 Å². The van der Waals surface area contributed by atoms with Crippen LogP contribution in [0.15, 0.2) is 12.4 Å². The Labute approximate surface area is 96.0 Å². The van der Waals surface area contributed by atoms with E-state index in [4.69, 9.17) is 4.74 Å². The van der Waals surface area contributed by atoms with Crippen molar-refractivity contribution in [2.75, 3.05) is 19.7 Å². The Kier molecular flexibility index (Phi) is 4.82. The predicted molar refractivity (Wildman–Crippen MR) is 61.3 cm³/mol. The molecular weight excluding hydrogens is 206 g/mol. The Morgan fingerprint density at radius 2 is 2.12 bits per heavy atom. The summed E-state index contributed by atoms with van der Waals surface area (Å²) in [6.07, 6.45) is 3.41. The molecule has 0 saturated heterocycles. The van der Waals surface area contributed by atoms with E-state index in [9.17, 15) is 4.79 Å². The summed E-state index contributed by atoms with van der Waals surface area (Å²) in [6.45, 7) is 8.22. The normalized spacial score (nSPS) is 10.2. The topological polar surface area (TPSA) is 47.4 Å². The molecule has 5 nitrogen and oxygen atoms in total. The number of ether oxygens (including phenoxy) is 1. The van der Waals surface area contributed by atoms with Gasteiger partial charge < -0.3 is 9.64 Å². The lowest BCUT2D eigenvalue weighted by Crippen LogP contribution is -2.34. The Balaban J connectivity index is 2.41. The SMILES string of the molecule is CCN(CC)C(=O)COc1cnn(CC)c1. The number of amides is 1. The molecule has 1 heterocycles. The van der Waals surface area contributed by atoms with Crippen LogP contribution in [0, 0.1) is 0 Å². The van der Waals surface area contributed by atoms with Crippen molar-refractivity contribution < 1.29 is 9.53 Å².